The van der Waals surface area contributed by atoms with Crippen LogP contribution in [0.2, 0.25) is 0 Å². The van der Waals surface area contributed by atoms with Gasteiger partial charge in [-0.05, 0) is 25.3 Å². The normalized spacial score (nSPS) is 15.7. The Morgan fingerprint density at radius 2 is 2.13 bits per heavy atom. The summed E-state index contributed by atoms with van der Waals surface area (Å²) in [6, 6.07) is 2.52. The molecule has 0 aromatic carbocycles. The number of hydrogen-bond acceptors (Lipinski definition) is 5. The highest BCUT2D eigenvalue weighted by Gasteiger charge is 2.22. The molecule has 2 aromatic heterocycles. The topological polar surface area (TPSA) is 58.1 Å². The van der Waals surface area contributed by atoms with Gasteiger partial charge in [-0.2, -0.15) is 0 Å². The molecule has 0 unspecified atom stereocenters. The smallest absolute Gasteiger partial charge is 0.241 e. The lowest BCUT2D eigenvalue weighted by atomic mass is 9.94. The predicted molar refractivity (Wildman–Crippen MR) is 94.9 cm³/mol. The molecule has 2 aromatic rings. The molecule has 6 heteroatoms. The largest absolute Gasteiger partial charge is 0.360 e. The molecule has 1 fully saturated rings. The van der Waals surface area contributed by atoms with Crippen LogP contribution in [0.15, 0.2) is 12.4 Å². The van der Waals surface area contributed by atoms with E-state index in [1.54, 1.807) is 17.7 Å². The van der Waals surface area contributed by atoms with Crippen LogP contribution in [-0.2, 0) is 11.2 Å². The molecule has 0 bridgehead atoms. The number of anilines is 1. The number of likely N-dealkylation sites (N-methyl/N-ethyl adjacent to an activating group) is 1. The second-order valence-corrected chi connectivity index (χ2v) is 7.27. The molecule has 5 nitrogen and oxygen atoms in total. The fourth-order valence-corrected chi connectivity index (χ4v) is 4.11. The van der Waals surface area contributed by atoms with E-state index in [1.807, 2.05) is 11.9 Å². The van der Waals surface area contributed by atoms with Crippen molar-refractivity contribution in [1.29, 1.82) is 0 Å². The third kappa shape index (κ3) is 3.63. The minimum absolute atomic E-state index is 0.134. The third-order valence-electron chi connectivity index (χ3n) is 4.65. The Bertz CT molecular complexity index is 678. The Labute approximate surface area is 141 Å². The highest BCUT2D eigenvalue weighted by molar-refractivity contribution is 7.18. The Morgan fingerprint density at radius 1 is 1.35 bits per heavy atom. The maximum absolute atomic E-state index is 12.4. The van der Waals surface area contributed by atoms with E-state index in [2.05, 4.69) is 28.3 Å². The van der Waals surface area contributed by atoms with E-state index < -0.39 is 0 Å². The standard InChI is InChI=1S/C17H24N4OS/c1-3-13-9-14-16(19-11-20-17(14)23-13)18-10-15(22)21(2)12-7-5-4-6-8-12/h9,11-12H,3-8,10H2,1-2H3,(H,18,19,20). The van der Waals surface area contributed by atoms with Gasteiger partial charge >= 0.3 is 0 Å². The summed E-state index contributed by atoms with van der Waals surface area (Å²) in [5.74, 6) is 0.894. The van der Waals surface area contributed by atoms with E-state index >= 15 is 0 Å². The number of carbonyl (C=O) groups excluding carboxylic acids is 1. The van der Waals surface area contributed by atoms with E-state index in [1.165, 1.54) is 24.1 Å². The van der Waals surface area contributed by atoms with E-state index in [4.69, 9.17) is 0 Å². The molecule has 3 rings (SSSR count). The van der Waals surface area contributed by atoms with Gasteiger partial charge in [0, 0.05) is 18.0 Å². The number of nitrogens with one attached hydrogen (secondary N) is 1. The van der Waals surface area contributed by atoms with Crippen molar-refractivity contribution >= 4 is 33.3 Å². The minimum atomic E-state index is 0.134. The zero-order chi connectivity index (χ0) is 16.2. The first-order valence-corrected chi connectivity index (χ1v) is 9.23. The third-order valence-corrected chi connectivity index (χ3v) is 5.84. The maximum atomic E-state index is 12.4. The summed E-state index contributed by atoms with van der Waals surface area (Å²) in [5, 5.41) is 4.23. The van der Waals surface area contributed by atoms with Gasteiger partial charge in [0.25, 0.3) is 0 Å². The average molecular weight is 332 g/mol. The maximum Gasteiger partial charge on any atom is 0.241 e. The van der Waals surface area contributed by atoms with Crippen molar-refractivity contribution in [2.45, 2.75) is 51.5 Å². The van der Waals surface area contributed by atoms with Gasteiger partial charge in [0.15, 0.2) is 0 Å². The summed E-state index contributed by atoms with van der Waals surface area (Å²) < 4.78 is 0. The molecule has 0 saturated heterocycles. The Hall–Kier alpha value is -1.69. The van der Waals surface area contributed by atoms with Gasteiger partial charge in [0.1, 0.15) is 17.0 Å². The number of fused-ring (bicyclic) bond motifs is 1. The number of aromatic nitrogens is 2. The number of amides is 1. The van der Waals surface area contributed by atoms with Crippen LogP contribution in [0.25, 0.3) is 10.2 Å². The van der Waals surface area contributed by atoms with Gasteiger partial charge in [0.2, 0.25) is 5.91 Å². The van der Waals surface area contributed by atoms with E-state index in [0.717, 1.165) is 35.3 Å². The summed E-state index contributed by atoms with van der Waals surface area (Å²) in [6.45, 7) is 2.42. The van der Waals surface area contributed by atoms with E-state index in [9.17, 15) is 4.79 Å². The van der Waals surface area contributed by atoms with Crippen LogP contribution < -0.4 is 5.32 Å². The van der Waals surface area contributed by atoms with Crippen molar-refractivity contribution in [2.24, 2.45) is 0 Å². The van der Waals surface area contributed by atoms with Crippen molar-refractivity contribution in [3.8, 4) is 0 Å². The summed E-state index contributed by atoms with van der Waals surface area (Å²) in [4.78, 5) is 25.2. The Balaban J connectivity index is 1.65. The Kier molecular flexibility index (Phi) is 5.10. The average Bonchev–Trinajstić information content (AvgIpc) is 3.03. The van der Waals surface area contributed by atoms with Crippen LogP contribution in [0.5, 0.6) is 0 Å². The molecule has 0 aliphatic heterocycles. The predicted octanol–water partition coefficient (Wildman–Crippen LogP) is 3.46. The lowest BCUT2D eigenvalue weighted by Gasteiger charge is -2.31. The first kappa shape index (κ1) is 16.2. The SMILES string of the molecule is CCc1cc2c(NCC(=O)N(C)C3CCCCC3)ncnc2s1. The lowest BCUT2D eigenvalue weighted by Crippen LogP contribution is -2.41. The molecule has 1 aliphatic rings. The van der Waals surface area contributed by atoms with E-state index in [-0.39, 0.29) is 12.5 Å². The van der Waals surface area contributed by atoms with Gasteiger partial charge in [0.05, 0.1) is 11.9 Å². The summed E-state index contributed by atoms with van der Waals surface area (Å²) in [6.07, 6.45) is 8.58. The number of rotatable bonds is 5. The molecule has 1 amide bonds. The van der Waals surface area contributed by atoms with Gasteiger partial charge < -0.3 is 10.2 Å². The molecule has 23 heavy (non-hydrogen) atoms. The van der Waals surface area contributed by atoms with Crippen molar-refractivity contribution in [1.82, 2.24) is 14.9 Å². The summed E-state index contributed by atoms with van der Waals surface area (Å²) in [5.41, 5.74) is 0. The van der Waals surface area contributed by atoms with Crippen LogP contribution in [0.1, 0.15) is 43.9 Å². The van der Waals surface area contributed by atoms with Gasteiger partial charge in [-0.15, -0.1) is 11.3 Å². The minimum Gasteiger partial charge on any atom is -0.360 e. The zero-order valence-corrected chi connectivity index (χ0v) is 14.7. The fourth-order valence-electron chi connectivity index (χ4n) is 3.18. The first-order chi connectivity index (χ1) is 11.2. The number of nitrogens with zero attached hydrogens (tertiary/aromatic N) is 3. The molecule has 124 valence electrons. The Morgan fingerprint density at radius 3 is 2.87 bits per heavy atom. The van der Waals surface area contributed by atoms with Gasteiger partial charge in [-0.1, -0.05) is 26.2 Å². The molecular formula is C17H24N4OS. The quantitative estimate of drug-likeness (QED) is 0.911. The van der Waals surface area contributed by atoms with Crippen molar-refractivity contribution in [3.05, 3.63) is 17.3 Å². The number of hydrogen-bond donors (Lipinski definition) is 1. The van der Waals surface area contributed by atoms with E-state index in [0.29, 0.717) is 6.04 Å². The molecular weight excluding hydrogens is 308 g/mol. The number of thiophene rings is 1. The van der Waals surface area contributed by atoms with Crippen molar-refractivity contribution in [3.63, 3.8) is 0 Å². The van der Waals surface area contributed by atoms with Crippen LogP contribution in [-0.4, -0.2) is 40.4 Å². The van der Waals surface area contributed by atoms with Crippen LogP contribution >= 0.6 is 11.3 Å². The molecule has 0 spiro atoms. The zero-order valence-electron chi connectivity index (χ0n) is 13.8. The van der Waals surface area contributed by atoms with Crippen molar-refractivity contribution in [2.75, 3.05) is 18.9 Å². The van der Waals surface area contributed by atoms with Crippen LogP contribution in [0.4, 0.5) is 5.82 Å². The second-order valence-electron chi connectivity index (χ2n) is 6.16. The molecule has 0 radical (unpaired) electrons. The molecule has 2 heterocycles. The van der Waals surface area contributed by atoms with Gasteiger partial charge in [-0.3, -0.25) is 4.79 Å². The highest BCUT2D eigenvalue weighted by Crippen LogP contribution is 2.28. The first-order valence-electron chi connectivity index (χ1n) is 8.42. The fraction of sp³-hybridized carbons (Fsp3) is 0.588. The second kappa shape index (κ2) is 7.25. The molecule has 1 N–H and O–H groups in total. The monoisotopic (exact) mass is 332 g/mol. The molecule has 1 saturated carbocycles. The van der Waals surface area contributed by atoms with Crippen LogP contribution in [0.3, 0.4) is 0 Å². The highest BCUT2D eigenvalue weighted by atomic mass is 32.1. The summed E-state index contributed by atoms with van der Waals surface area (Å²) in [7, 11) is 1.93. The number of carbonyl (C=O) groups is 1. The number of aryl methyl sites for hydroxylation is 1. The van der Waals surface area contributed by atoms with Gasteiger partial charge in [-0.25, -0.2) is 9.97 Å². The summed E-state index contributed by atoms with van der Waals surface area (Å²) >= 11 is 1.69. The van der Waals surface area contributed by atoms with Crippen LogP contribution in [0, 0.1) is 0 Å². The van der Waals surface area contributed by atoms with Crippen molar-refractivity contribution < 1.29 is 4.79 Å². The lowest BCUT2D eigenvalue weighted by molar-refractivity contribution is -0.130. The molecule has 1 aliphatic carbocycles. The molecule has 0 atom stereocenters.